The number of hydrogen-bond donors (Lipinski definition) is 3. The topological polar surface area (TPSA) is 87.3 Å². The van der Waals surface area contributed by atoms with Crippen molar-refractivity contribution in [2.45, 2.75) is 25.2 Å². The van der Waals surface area contributed by atoms with Crippen LogP contribution in [0.25, 0.3) is 0 Å². The average molecular weight is 317 g/mol. The number of anilines is 1. The third-order valence-electron chi connectivity index (χ3n) is 2.61. The molecule has 1 rings (SSSR count). The van der Waals surface area contributed by atoms with Crippen LogP contribution in [0.1, 0.15) is 20.3 Å². The summed E-state index contributed by atoms with van der Waals surface area (Å²) in [4.78, 5) is 10.4. The van der Waals surface area contributed by atoms with Gasteiger partial charge >= 0.3 is 0 Å². The van der Waals surface area contributed by atoms with Crippen LogP contribution in [0.4, 0.5) is 10.1 Å². The van der Waals surface area contributed by atoms with Crippen LogP contribution in [-0.2, 0) is 14.8 Å². The SMILES string of the molecule is CCNCCCNS(=O)(=O)c1ccc(NC(C)=O)cc1F. The minimum atomic E-state index is -3.89. The number of benzene rings is 1. The van der Waals surface area contributed by atoms with Crippen LogP contribution in [0, 0.1) is 5.82 Å². The van der Waals surface area contributed by atoms with E-state index in [1.165, 1.54) is 13.0 Å². The number of halogens is 1. The Morgan fingerprint density at radius 1 is 1.29 bits per heavy atom. The minimum Gasteiger partial charge on any atom is -0.326 e. The molecule has 3 N–H and O–H groups in total. The van der Waals surface area contributed by atoms with E-state index in [1.807, 2.05) is 6.92 Å². The molecular formula is C13H20FN3O3S. The summed E-state index contributed by atoms with van der Waals surface area (Å²) in [5, 5.41) is 5.45. The standard InChI is InChI=1S/C13H20FN3O3S/c1-3-15-7-4-8-16-21(19,20)13-6-5-11(9-12(13)14)17-10(2)18/h5-6,9,15-16H,3-4,7-8H2,1-2H3,(H,17,18). The molecule has 0 spiro atoms. The number of hydrogen-bond acceptors (Lipinski definition) is 4. The molecule has 0 fully saturated rings. The van der Waals surface area contributed by atoms with Gasteiger partial charge in [0.15, 0.2) is 0 Å². The van der Waals surface area contributed by atoms with Gasteiger partial charge in [-0.2, -0.15) is 0 Å². The van der Waals surface area contributed by atoms with Gasteiger partial charge in [-0.25, -0.2) is 17.5 Å². The molecule has 0 aliphatic rings. The largest absolute Gasteiger partial charge is 0.326 e. The van der Waals surface area contributed by atoms with Crippen LogP contribution in [0.15, 0.2) is 23.1 Å². The Hall–Kier alpha value is -1.51. The highest BCUT2D eigenvalue weighted by Crippen LogP contribution is 2.18. The van der Waals surface area contributed by atoms with Gasteiger partial charge in [0.1, 0.15) is 10.7 Å². The lowest BCUT2D eigenvalue weighted by Crippen LogP contribution is -2.28. The Labute approximate surface area is 124 Å². The summed E-state index contributed by atoms with van der Waals surface area (Å²) < 4.78 is 40.1. The number of sulfonamides is 1. The molecular weight excluding hydrogens is 297 g/mol. The maximum Gasteiger partial charge on any atom is 0.243 e. The second-order valence-electron chi connectivity index (χ2n) is 4.43. The van der Waals surface area contributed by atoms with Gasteiger partial charge in [0, 0.05) is 19.2 Å². The lowest BCUT2D eigenvalue weighted by Gasteiger charge is -2.09. The van der Waals surface area contributed by atoms with Crippen molar-refractivity contribution < 1.29 is 17.6 Å². The Balaban J connectivity index is 2.72. The molecule has 0 aliphatic heterocycles. The van der Waals surface area contributed by atoms with E-state index in [4.69, 9.17) is 0 Å². The predicted molar refractivity (Wildman–Crippen MR) is 79.1 cm³/mol. The zero-order valence-electron chi connectivity index (χ0n) is 12.1. The smallest absolute Gasteiger partial charge is 0.243 e. The summed E-state index contributed by atoms with van der Waals surface area (Å²) >= 11 is 0. The molecule has 1 aromatic carbocycles. The van der Waals surface area contributed by atoms with E-state index >= 15 is 0 Å². The highest BCUT2D eigenvalue weighted by molar-refractivity contribution is 7.89. The summed E-state index contributed by atoms with van der Waals surface area (Å²) in [5.41, 5.74) is 0.214. The van der Waals surface area contributed by atoms with Crippen molar-refractivity contribution in [3.8, 4) is 0 Å². The number of amides is 1. The summed E-state index contributed by atoms with van der Waals surface area (Å²) in [6, 6.07) is 3.46. The van der Waals surface area contributed by atoms with Gasteiger partial charge < -0.3 is 10.6 Å². The molecule has 0 aromatic heterocycles. The Morgan fingerprint density at radius 3 is 2.57 bits per heavy atom. The lowest BCUT2D eigenvalue weighted by molar-refractivity contribution is -0.114. The van der Waals surface area contributed by atoms with E-state index in [0.717, 1.165) is 18.7 Å². The van der Waals surface area contributed by atoms with Crippen molar-refractivity contribution >= 4 is 21.6 Å². The first kappa shape index (κ1) is 17.5. The third kappa shape index (κ3) is 5.78. The first-order valence-electron chi connectivity index (χ1n) is 6.64. The first-order valence-corrected chi connectivity index (χ1v) is 8.12. The lowest BCUT2D eigenvalue weighted by atomic mass is 10.3. The van der Waals surface area contributed by atoms with Crippen LogP contribution in [0.3, 0.4) is 0 Å². The van der Waals surface area contributed by atoms with Crippen molar-refractivity contribution in [1.82, 2.24) is 10.0 Å². The van der Waals surface area contributed by atoms with Crippen LogP contribution >= 0.6 is 0 Å². The van der Waals surface area contributed by atoms with Crippen molar-refractivity contribution in [1.29, 1.82) is 0 Å². The normalized spacial score (nSPS) is 11.4. The molecule has 0 heterocycles. The molecule has 6 nitrogen and oxygen atoms in total. The van der Waals surface area contributed by atoms with E-state index in [0.29, 0.717) is 13.0 Å². The van der Waals surface area contributed by atoms with Gasteiger partial charge in [0.25, 0.3) is 0 Å². The first-order chi connectivity index (χ1) is 9.86. The molecule has 118 valence electrons. The number of rotatable bonds is 8. The van der Waals surface area contributed by atoms with Crippen molar-refractivity contribution in [2.75, 3.05) is 25.0 Å². The van der Waals surface area contributed by atoms with E-state index < -0.39 is 20.7 Å². The summed E-state index contributed by atoms with van der Waals surface area (Å²) in [6.07, 6.45) is 0.610. The maximum absolute atomic E-state index is 13.8. The fourth-order valence-corrected chi connectivity index (χ4v) is 2.81. The molecule has 8 heteroatoms. The van der Waals surface area contributed by atoms with Crippen LogP contribution in [0.5, 0.6) is 0 Å². The molecule has 0 aliphatic carbocycles. The van der Waals surface area contributed by atoms with Crippen molar-refractivity contribution in [3.05, 3.63) is 24.0 Å². The van der Waals surface area contributed by atoms with Crippen LogP contribution < -0.4 is 15.4 Å². The van der Waals surface area contributed by atoms with Gasteiger partial charge in [0.2, 0.25) is 15.9 Å². The third-order valence-corrected chi connectivity index (χ3v) is 4.11. The second-order valence-corrected chi connectivity index (χ2v) is 6.17. The van der Waals surface area contributed by atoms with Gasteiger partial charge in [-0.3, -0.25) is 4.79 Å². The van der Waals surface area contributed by atoms with E-state index in [9.17, 15) is 17.6 Å². The fourth-order valence-electron chi connectivity index (χ4n) is 1.67. The minimum absolute atomic E-state index is 0.214. The number of carbonyl (C=O) groups excluding carboxylic acids is 1. The highest BCUT2D eigenvalue weighted by Gasteiger charge is 2.18. The van der Waals surface area contributed by atoms with E-state index in [-0.39, 0.29) is 18.1 Å². The van der Waals surface area contributed by atoms with Gasteiger partial charge in [-0.1, -0.05) is 6.92 Å². The van der Waals surface area contributed by atoms with Crippen LogP contribution in [0.2, 0.25) is 0 Å². The summed E-state index contributed by atoms with van der Waals surface area (Å²) in [5.74, 6) is -1.26. The Bertz CT molecular complexity index is 590. The number of nitrogens with one attached hydrogen (secondary N) is 3. The zero-order chi connectivity index (χ0) is 15.9. The molecule has 0 atom stereocenters. The van der Waals surface area contributed by atoms with Crippen molar-refractivity contribution in [3.63, 3.8) is 0 Å². The average Bonchev–Trinajstić information content (AvgIpc) is 2.37. The molecule has 1 aromatic rings. The second kappa shape index (κ2) is 8.06. The highest BCUT2D eigenvalue weighted by atomic mass is 32.2. The van der Waals surface area contributed by atoms with Gasteiger partial charge in [-0.05, 0) is 37.7 Å². The number of carbonyl (C=O) groups is 1. The van der Waals surface area contributed by atoms with Crippen LogP contribution in [-0.4, -0.2) is 34.0 Å². The quantitative estimate of drug-likeness (QED) is 0.626. The molecule has 0 bridgehead atoms. The fraction of sp³-hybridized carbons (Fsp3) is 0.462. The molecule has 0 radical (unpaired) electrons. The van der Waals surface area contributed by atoms with Gasteiger partial charge in [0.05, 0.1) is 0 Å². The maximum atomic E-state index is 13.8. The summed E-state index contributed by atoms with van der Waals surface area (Å²) in [7, 11) is -3.89. The van der Waals surface area contributed by atoms with E-state index in [1.54, 1.807) is 0 Å². The monoisotopic (exact) mass is 317 g/mol. The van der Waals surface area contributed by atoms with Gasteiger partial charge in [-0.15, -0.1) is 0 Å². The molecule has 0 saturated heterocycles. The zero-order valence-corrected chi connectivity index (χ0v) is 12.9. The van der Waals surface area contributed by atoms with Crippen molar-refractivity contribution in [2.24, 2.45) is 0 Å². The predicted octanol–water partition coefficient (Wildman–Crippen LogP) is 1.06. The molecule has 1 amide bonds. The Morgan fingerprint density at radius 2 is 2.00 bits per heavy atom. The Kier molecular flexibility index (Phi) is 6.73. The van der Waals surface area contributed by atoms with E-state index in [2.05, 4.69) is 15.4 Å². The summed E-state index contributed by atoms with van der Waals surface area (Å²) in [6.45, 7) is 4.96. The molecule has 0 unspecified atom stereocenters. The molecule has 21 heavy (non-hydrogen) atoms. The molecule has 0 saturated carbocycles.